The zero-order chi connectivity index (χ0) is 28.1. The van der Waals surface area contributed by atoms with Gasteiger partial charge in [-0.25, -0.2) is 0 Å². The number of ether oxygens (including phenoxy) is 3. The van der Waals surface area contributed by atoms with Gasteiger partial charge in [0.1, 0.15) is 11.5 Å². The van der Waals surface area contributed by atoms with Gasteiger partial charge in [-0.05, 0) is 66.8 Å². The number of rotatable bonds is 10. The Bertz CT molecular complexity index is 1380. The van der Waals surface area contributed by atoms with Crippen LogP contribution in [-0.4, -0.2) is 37.1 Å². The van der Waals surface area contributed by atoms with Gasteiger partial charge in [-0.2, -0.15) is 0 Å². The average Bonchev–Trinajstić information content (AvgIpc) is 3.21. The van der Waals surface area contributed by atoms with E-state index in [0.717, 1.165) is 12.0 Å². The summed E-state index contributed by atoms with van der Waals surface area (Å²) < 4.78 is 17.1. The van der Waals surface area contributed by atoms with E-state index in [0.29, 0.717) is 53.2 Å². The molecule has 1 fully saturated rings. The number of carbonyl (C=O) groups excluding carboxylic acids is 2. The van der Waals surface area contributed by atoms with Crippen LogP contribution in [0.3, 0.4) is 0 Å². The Hall–Kier alpha value is -4.26. The van der Waals surface area contributed by atoms with E-state index in [-0.39, 0.29) is 11.3 Å². The monoisotopic (exact) mass is 529 g/mol. The second-order valence-electron chi connectivity index (χ2n) is 9.77. The van der Waals surface area contributed by atoms with Gasteiger partial charge in [0.15, 0.2) is 11.5 Å². The minimum absolute atomic E-state index is 0.00630. The number of anilines is 1. The summed E-state index contributed by atoms with van der Waals surface area (Å²) in [6, 6.07) is 18.8. The lowest BCUT2D eigenvalue weighted by molar-refractivity contribution is -0.132. The lowest BCUT2D eigenvalue weighted by Gasteiger charge is -2.26. The van der Waals surface area contributed by atoms with Crippen molar-refractivity contribution < 1.29 is 28.9 Å². The van der Waals surface area contributed by atoms with Crippen molar-refractivity contribution in [3.05, 3.63) is 89.0 Å². The zero-order valence-corrected chi connectivity index (χ0v) is 23.1. The van der Waals surface area contributed by atoms with Crippen LogP contribution in [0.2, 0.25) is 0 Å². The Kier molecular flexibility index (Phi) is 8.59. The fourth-order valence-corrected chi connectivity index (χ4v) is 4.59. The number of aliphatic hydroxyl groups excluding tert-OH is 1. The van der Waals surface area contributed by atoms with Crippen LogP contribution in [0.1, 0.15) is 50.4 Å². The van der Waals surface area contributed by atoms with Gasteiger partial charge in [-0.3, -0.25) is 14.5 Å². The van der Waals surface area contributed by atoms with Gasteiger partial charge in [0.2, 0.25) is 0 Å². The number of amides is 1. The maximum absolute atomic E-state index is 13.5. The lowest BCUT2D eigenvalue weighted by Crippen LogP contribution is -2.29. The van der Waals surface area contributed by atoms with Gasteiger partial charge in [-0.15, -0.1) is 0 Å². The Morgan fingerprint density at radius 3 is 2.33 bits per heavy atom. The van der Waals surface area contributed by atoms with E-state index in [4.69, 9.17) is 14.2 Å². The van der Waals surface area contributed by atoms with E-state index in [1.54, 1.807) is 49.6 Å². The maximum Gasteiger partial charge on any atom is 0.300 e. The fourth-order valence-electron chi connectivity index (χ4n) is 4.59. The summed E-state index contributed by atoms with van der Waals surface area (Å²) in [5, 5.41) is 11.5. The third-order valence-electron chi connectivity index (χ3n) is 6.56. The van der Waals surface area contributed by atoms with Crippen molar-refractivity contribution in [1.82, 2.24) is 0 Å². The van der Waals surface area contributed by atoms with Gasteiger partial charge in [-0.1, -0.05) is 51.1 Å². The molecule has 7 heteroatoms. The van der Waals surface area contributed by atoms with Crippen LogP contribution < -0.4 is 19.1 Å². The van der Waals surface area contributed by atoms with E-state index in [2.05, 4.69) is 0 Å². The third kappa shape index (κ3) is 5.77. The van der Waals surface area contributed by atoms with Crippen molar-refractivity contribution in [3.63, 3.8) is 0 Å². The molecule has 3 aromatic rings. The van der Waals surface area contributed by atoms with Crippen molar-refractivity contribution >= 4 is 23.1 Å². The number of carbonyl (C=O) groups is 2. The molecule has 1 unspecified atom stereocenters. The van der Waals surface area contributed by atoms with E-state index in [1.165, 1.54) is 4.90 Å². The van der Waals surface area contributed by atoms with Crippen LogP contribution in [-0.2, 0) is 16.0 Å². The molecular weight excluding hydrogens is 494 g/mol. The summed E-state index contributed by atoms with van der Waals surface area (Å²) in [5.74, 6) is 0.146. The molecule has 0 spiro atoms. The van der Waals surface area contributed by atoms with Crippen LogP contribution in [0.25, 0.3) is 5.76 Å². The highest BCUT2D eigenvalue weighted by molar-refractivity contribution is 6.51. The van der Waals surface area contributed by atoms with Gasteiger partial charge in [0.05, 0.1) is 31.9 Å². The number of ketones is 1. The molecule has 204 valence electrons. The first-order valence-corrected chi connectivity index (χ1v) is 13.2. The highest BCUT2D eigenvalue weighted by Gasteiger charge is 2.47. The molecule has 0 aromatic heterocycles. The second kappa shape index (κ2) is 12.1. The first-order valence-electron chi connectivity index (χ1n) is 13.2. The minimum Gasteiger partial charge on any atom is -0.507 e. The molecule has 0 radical (unpaired) electrons. The molecule has 1 heterocycles. The maximum atomic E-state index is 13.5. The minimum atomic E-state index is -0.886. The quantitative estimate of drug-likeness (QED) is 0.188. The SMILES string of the molecule is CCOc1cc(C2/C(=C(/O)c3cccc(OCC(C)C)c3)C(=O)C(=O)N2c2ccc(CC)cc2)ccc1OC. The first kappa shape index (κ1) is 27.8. The van der Waals surface area contributed by atoms with Gasteiger partial charge < -0.3 is 19.3 Å². The number of hydrogen-bond acceptors (Lipinski definition) is 6. The molecule has 1 aliphatic heterocycles. The molecule has 3 aromatic carbocycles. The number of aryl methyl sites for hydroxylation is 1. The largest absolute Gasteiger partial charge is 0.507 e. The van der Waals surface area contributed by atoms with Gasteiger partial charge >= 0.3 is 0 Å². The van der Waals surface area contributed by atoms with Crippen molar-refractivity contribution in [2.45, 2.75) is 40.2 Å². The standard InChI is InChI=1S/C32H35NO6/c1-6-21-11-14-24(15-12-21)33-29(22-13-16-26(37-5)27(18-22)38-7-2)28(31(35)32(33)36)30(34)23-9-8-10-25(17-23)39-19-20(3)4/h8-18,20,29,34H,6-7,19H2,1-5H3/b30-28-. The van der Waals surface area contributed by atoms with E-state index >= 15 is 0 Å². The number of Topliss-reactive ketones (excluding diaryl/α,β-unsaturated/α-hetero) is 1. The predicted octanol–water partition coefficient (Wildman–Crippen LogP) is 6.32. The van der Waals surface area contributed by atoms with Crippen molar-refractivity contribution in [1.29, 1.82) is 0 Å². The van der Waals surface area contributed by atoms with Crippen molar-refractivity contribution in [2.24, 2.45) is 5.92 Å². The molecule has 4 rings (SSSR count). The molecule has 39 heavy (non-hydrogen) atoms. The molecule has 0 saturated carbocycles. The van der Waals surface area contributed by atoms with Crippen molar-refractivity contribution in [3.8, 4) is 17.2 Å². The molecule has 1 atom stereocenters. The molecule has 0 bridgehead atoms. The molecule has 1 amide bonds. The smallest absolute Gasteiger partial charge is 0.300 e. The fraction of sp³-hybridized carbons (Fsp3) is 0.312. The molecule has 0 aliphatic carbocycles. The summed E-state index contributed by atoms with van der Waals surface area (Å²) in [5.41, 5.74) is 2.65. The van der Waals surface area contributed by atoms with E-state index in [9.17, 15) is 14.7 Å². The Labute approximate surface area is 229 Å². The van der Waals surface area contributed by atoms with Crippen LogP contribution in [0, 0.1) is 5.92 Å². The molecule has 7 nitrogen and oxygen atoms in total. The predicted molar refractivity (Wildman–Crippen MR) is 152 cm³/mol. The first-order chi connectivity index (χ1) is 18.8. The van der Waals surface area contributed by atoms with E-state index in [1.807, 2.05) is 52.0 Å². The van der Waals surface area contributed by atoms with Crippen molar-refractivity contribution in [2.75, 3.05) is 25.2 Å². The highest BCUT2D eigenvalue weighted by Crippen LogP contribution is 2.44. The lowest BCUT2D eigenvalue weighted by atomic mass is 9.94. The number of hydrogen-bond donors (Lipinski definition) is 1. The summed E-state index contributed by atoms with van der Waals surface area (Å²) >= 11 is 0. The highest BCUT2D eigenvalue weighted by atomic mass is 16.5. The number of nitrogens with zero attached hydrogens (tertiary/aromatic N) is 1. The molecule has 1 aliphatic rings. The third-order valence-corrected chi connectivity index (χ3v) is 6.56. The van der Waals surface area contributed by atoms with Crippen LogP contribution in [0.4, 0.5) is 5.69 Å². The summed E-state index contributed by atoms with van der Waals surface area (Å²) in [4.78, 5) is 28.5. The number of methoxy groups -OCH3 is 1. The topological polar surface area (TPSA) is 85.3 Å². The summed E-state index contributed by atoms with van der Waals surface area (Å²) in [7, 11) is 1.55. The molecular formula is C32H35NO6. The van der Waals surface area contributed by atoms with E-state index < -0.39 is 17.7 Å². The van der Waals surface area contributed by atoms with Crippen LogP contribution in [0.15, 0.2) is 72.3 Å². The molecule has 1 saturated heterocycles. The number of aliphatic hydroxyl groups is 1. The van der Waals surface area contributed by atoms with Gasteiger partial charge in [0.25, 0.3) is 11.7 Å². The number of benzene rings is 3. The Morgan fingerprint density at radius 2 is 1.69 bits per heavy atom. The normalized spacial score (nSPS) is 16.6. The Balaban J connectivity index is 1.89. The average molecular weight is 530 g/mol. The van der Waals surface area contributed by atoms with Crippen LogP contribution in [0.5, 0.6) is 17.2 Å². The zero-order valence-electron chi connectivity index (χ0n) is 23.1. The summed E-state index contributed by atoms with van der Waals surface area (Å²) in [6.07, 6.45) is 0.841. The Morgan fingerprint density at radius 1 is 0.949 bits per heavy atom. The molecule has 1 N–H and O–H groups in total. The summed E-state index contributed by atoms with van der Waals surface area (Å²) in [6.45, 7) is 8.91. The van der Waals surface area contributed by atoms with Crippen LogP contribution >= 0.6 is 0 Å². The van der Waals surface area contributed by atoms with Gasteiger partial charge in [0, 0.05) is 11.3 Å². The second-order valence-corrected chi connectivity index (χ2v) is 9.77.